The second-order valence-electron chi connectivity index (χ2n) is 3.48. The van der Waals surface area contributed by atoms with E-state index in [0.29, 0.717) is 13.0 Å². The number of ether oxygens (including phenoxy) is 1. The number of aliphatic carboxylic acids is 1. The second-order valence-corrected chi connectivity index (χ2v) is 3.48. The van der Waals surface area contributed by atoms with E-state index in [-0.39, 0.29) is 18.3 Å². The van der Waals surface area contributed by atoms with Crippen molar-refractivity contribution in [3.63, 3.8) is 0 Å². The summed E-state index contributed by atoms with van der Waals surface area (Å²) in [6.45, 7) is 1.21. The van der Waals surface area contributed by atoms with Gasteiger partial charge < -0.3 is 15.2 Å². The van der Waals surface area contributed by atoms with Gasteiger partial charge in [0.1, 0.15) is 0 Å². The fourth-order valence-electron chi connectivity index (χ4n) is 1.74. The van der Waals surface area contributed by atoms with E-state index in [1.165, 1.54) is 7.11 Å². The first kappa shape index (κ1) is 11.0. The van der Waals surface area contributed by atoms with E-state index in [2.05, 4.69) is 10.1 Å². The molecule has 1 heterocycles. The van der Waals surface area contributed by atoms with Crippen LogP contribution in [0.5, 0.6) is 0 Å². The summed E-state index contributed by atoms with van der Waals surface area (Å²) in [6.07, 6.45) is 0.918. The minimum Gasteiger partial charge on any atom is -0.481 e. The van der Waals surface area contributed by atoms with Crippen molar-refractivity contribution in [2.45, 2.75) is 12.8 Å². The molecule has 0 saturated carbocycles. The first-order valence-corrected chi connectivity index (χ1v) is 4.65. The number of hydrogen-bond donors (Lipinski definition) is 2. The topological polar surface area (TPSA) is 75.6 Å². The smallest absolute Gasteiger partial charge is 0.308 e. The Hall–Kier alpha value is -1.10. The van der Waals surface area contributed by atoms with Crippen molar-refractivity contribution in [2.75, 3.05) is 20.2 Å². The van der Waals surface area contributed by atoms with Crippen LogP contribution in [-0.2, 0) is 14.3 Å². The Morgan fingerprint density at radius 3 is 2.86 bits per heavy atom. The van der Waals surface area contributed by atoms with Crippen LogP contribution in [0.25, 0.3) is 0 Å². The normalized spacial score (nSPS) is 26.9. The summed E-state index contributed by atoms with van der Waals surface area (Å²) in [5, 5.41) is 11.9. The number of nitrogens with one attached hydrogen (secondary N) is 1. The minimum atomic E-state index is -0.842. The number of methoxy groups -OCH3 is 1. The molecule has 80 valence electrons. The molecule has 1 saturated heterocycles. The third-order valence-corrected chi connectivity index (χ3v) is 2.60. The number of piperidine rings is 1. The predicted octanol–water partition coefficient (Wildman–Crippen LogP) is -0.140. The first-order chi connectivity index (χ1) is 6.65. The zero-order valence-corrected chi connectivity index (χ0v) is 8.16. The molecule has 0 amide bonds. The maximum atomic E-state index is 11.0. The van der Waals surface area contributed by atoms with Gasteiger partial charge in [0.2, 0.25) is 0 Å². The van der Waals surface area contributed by atoms with Gasteiger partial charge in [0, 0.05) is 13.0 Å². The Morgan fingerprint density at radius 2 is 2.29 bits per heavy atom. The average Bonchev–Trinajstić information content (AvgIpc) is 2.18. The molecule has 5 nitrogen and oxygen atoms in total. The van der Waals surface area contributed by atoms with E-state index >= 15 is 0 Å². The van der Waals surface area contributed by atoms with Crippen LogP contribution in [0.4, 0.5) is 0 Å². The molecule has 0 aromatic rings. The minimum absolute atomic E-state index is 0.0961. The molecule has 14 heavy (non-hydrogen) atoms. The van der Waals surface area contributed by atoms with Crippen LogP contribution in [-0.4, -0.2) is 37.2 Å². The highest BCUT2D eigenvalue weighted by molar-refractivity contribution is 5.74. The zero-order chi connectivity index (χ0) is 10.6. The molecule has 1 rings (SSSR count). The van der Waals surface area contributed by atoms with Gasteiger partial charge in [0.05, 0.1) is 13.0 Å². The molecule has 2 atom stereocenters. The fraction of sp³-hybridized carbons (Fsp3) is 0.778. The van der Waals surface area contributed by atoms with Gasteiger partial charge in [-0.25, -0.2) is 0 Å². The number of carbonyl (C=O) groups is 2. The quantitative estimate of drug-likeness (QED) is 0.621. The number of carbonyl (C=O) groups excluding carboxylic acids is 1. The lowest BCUT2D eigenvalue weighted by molar-refractivity contribution is -0.147. The van der Waals surface area contributed by atoms with Crippen LogP contribution in [0.1, 0.15) is 12.8 Å². The predicted molar refractivity (Wildman–Crippen MR) is 48.7 cm³/mol. The van der Waals surface area contributed by atoms with E-state index in [1.54, 1.807) is 0 Å². The van der Waals surface area contributed by atoms with Crippen LogP contribution < -0.4 is 5.32 Å². The third kappa shape index (κ3) is 2.70. The van der Waals surface area contributed by atoms with Gasteiger partial charge in [-0.05, 0) is 18.9 Å². The Balaban J connectivity index is 2.54. The third-order valence-electron chi connectivity index (χ3n) is 2.60. The summed E-state index contributed by atoms with van der Waals surface area (Å²) in [4.78, 5) is 21.9. The van der Waals surface area contributed by atoms with E-state index in [4.69, 9.17) is 5.11 Å². The molecule has 2 N–H and O–H groups in total. The van der Waals surface area contributed by atoms with E-state index in [9.17, 15) is 9.59 Å². The molecule has 0 aliphatic carbocycles. The largest absolute Gasteiger partial charge is 0.481 e. The van der Waals surface area contributed by atoms with Gasteiger partial charge in [-0.1, -0.05) is 0 Å². The van der Waals surface area contributed by atoms with E-state index in [1.807, 2.05) is 0 Å². The second kappa shape index (κ2) is 4.95. The van der Waals surface area contributed by atoms with Crippen molar-refractivity contribution >= 4 is 11.9 Å². The highest BCUT2D eigenvalue weighted by atomic mass is 16.5. The number of esters is 1. The molecule has 0 radical (unpaired) electrons. The number of carboxylic acids is 1. The van der Waals surface area contributed by atoms with Gasteiger partial charge in [-0.15, -0.1) is 0 Å². The molecule has 0 aromatic carbocycles. The van der Waals surface area contributed by atoms with Gasteiger partial charge in [-0.3, -0.25) is 9.59 Å². The lowest BCUT2D eigenvalue weighted by atomic mass is 9.84. The van der Waals surface area contributed by atoms with E-state index < -0.39 is 11.9 Å². The van der Waals surface area contributed by atoms with Crippen molar-refractivity contribution < 1.29 is 19.4 Å². The molecule has 0 bridgehead atoms. The maximum Gasteiger partial charge on any atom is 0.308 e. The van der Waals surface area contributed by atoms with Crippen LogP contribution >= 0.6 is 0 Å². The summed E-state index contributed by atoms with van der Waals surface area (Å²) in [6, 6.07) is 0. The molecule has 5 heteroatoms. The Kier molecular flexibility index (Phi) is 3.88. The fourth-order valence-corrected chi connectivity index (χ4v) is 1.74. The molecule has 1 fully saturated rings. The molecule has 1 aliphatic rings. The monoisotopic (exact) mass is 201 g/mol. The van der Waals surface area contributed by atoms with Crippen LogP contribution in [0.3, 0.4) is 0 Å². The van der Waals surface area contributed by atoms with Crippen LogP contribution in [0.2, 0.25) is 0 Å². The molecule has 0 aromatic heterocycles. The Morgan fingerprint density at radius 1 is 1.57 bits per heavy atom. The average molecular weight is 201 g/mol. The summed E-state index contributed by atoms with van der Waals surface area (Å²) < 4.78 is 4.53. The van der Waals surface area contributed by atoms with Crippen LogP contribution in [0.15, 0.2) is 0 Å². The lowest BCUT2D eigenvalue weighted by Crippen LogP contribution is -2.41. The van der Waals surface area contributed by atoms with Crippen molar-refractivity contribution in [3.05, 3.63) is 0 Å². The van der Waals surface area contributed by atoms with Gasteiger partial charge in [-0.2, -0.15) is 0 Å². The number of hydrogen-bond acceptors (Lipinski definition) is 4. The summed E-state index contributed by atoms with van der Waals surface area (Å²) >= 11 is 0. The van der Waals surface area contributed by atoms with Crippen molar-refractivity contribution in [3.8, 4) is 0 Å². The van der Waals surface area contributed by atoms with Crippen molar-refractivity contribution in [2.24, 2.45) is 11.8 Å². The first-order valence-electron chi connectivity index (χ1n) is 4.65. The summed E-state index contributed by atoms with van der Waals surface area (Å²) in [7, 11) is 1.32. The number of carboxylic acid groups (broad SMARTS) is 1. The maximum absolute atomic E-state index is 11.0. The zero-order valence-electron chi connectivity index (χ0n) is 8.16. The standard InChI is InChI=1S/C9H15NO4/c1-14-8(11)4-6-2-3-10-5-7(6)9(12)13/h6-7,10H,2-5H2,1H3,(H,12,13)/t6-,7+/m0/s1. The highest BCUT2D eigenvalue weighted by Gasteiger charge is 2.32. The van der Waals surface area contributed by atoms with Crippen molar-refractivity contribution in [1.82, 2.24) is 5.32 Å². The molecule has 0 spiro atoms. The summed E-state index contributed by atoms with van der Waals surface area (Å²) in [5.41, 5.74) is 0. The highest BCUT2D eigenvalue weighted by Crippen LogP contribution is 2.23. The van der Waals surface area contributed by atoms with Gasteiger partial charge >= 0.3 is 11.9 Å². The molecular weight excluding hydrogens is 186 g/mol. The van der Waals surface area contributed by atoms with Gasteiger partial charge in [0.25, 0.3) is 0 Å². The molecule has 0 unspecified atom stereocenters. The van der Waals surface area contributed by atoms with E-state index in [0.717, 1.165) is 6.54 Å². The summed E-state index contributed by atoms with van der Waals surface area (Å²) in [5.74, 6) is -1.74. The molecular formula is C9H15NO4. The lowest BCUT2D eigenvalue weighted by Gasteiger charge is -2.28. The van der Waals surface area contributed by atoms with Crippen molar-refractivity contribution in [1.29, 1.82) is 0 Å². The van der Waals surface area contributed by atoms with Crippen LogP contribution in [0, 0.1) is 11.8 Å². The Bertz CT molecular complexity index is 229. The number of rotatable bonds is 3. The van der Waals surface area contributed by atoms with Gasteiger partial charge in [0.15, 0.2) is 0 Å². The SMILES string of the molecule is COC(=O)C[C@@H]1CCNC[C@H]1C(=O)O. The Labute approximate surface area is 82.4 Å². The molecule has 1 aliphatic heterocycles.